The van der Waals surface area contributed by atoms with Crippen LogP contribution in [0.3, 0.4) is 0 Å². The summed E-state index contributed by atoms with van der Waals surface area (Å²) in [5, 5.41) is 0. The highest BCUT2D eigenvalue weighted by Gasteiger charge is 2.19. The highest BCUT2D eigenvalue weighted by Crippen LogP contribution is 2.15. The Balaban J connectivity index is 4.40. The molecule has 0 heterocycles. The molecule has 6 nitrogen and oxygen atoms in total. The van der Waals surface area contributed by atoms with Crippen molar-refractivity contribution in [2.75, 3.05) is 13.2 Å². The molecule has 0 rings (SSSR count). The van der Waals surface area contributed by atoms with Gasteiger partial charge in [-0.05, 0) is 109 Å². The van der Waals surface area contributed by atoms with Crippen LogP contribution in [0, 0.1) is 0 Å². The molecule has 69 heavy (non-hydrogen) atoms. The van der Waals surface area contributed by atoms with Crippen LogP contribution < -0.4 is 0 Å². The molecule has 0 spiro atoms. The van der Waals surface area contributed by atoms with Gasteiger partial charge in [-0.15, -0.1) is 0 Å². The quantitative estimate of drug-likeness (QED) is 0.0262. The SMILES string of the molecule is CC/C=C\C/C=C\C/C=C\CCCCCCCC(=O)OC[C@H](COC(=O)CCCCCCCCCCC/C=C\CCCCCCCC)OC(=O)CCCCCCCCC/C=C\C/C=C\CCCCC. The van der Waals surface area contributed by atoms with E-state index in [2.05, 4.69) is 93.7 Å². The van der Waals surface area contributed by atoms with Crippen molar-refractivity contribution >= 4 is 17.9 Å². The van der Waals surface area contributed by atoms with Crippen LogP contribution in [0.5, 0.6) is 0 Å². The molecule has 0 aliphatic carbocycles. The lowest BCUT2D eigenvalue weighted by atomic mass is 10.1. The minimum Gasteiger partial charge on any atom is -0.462 e. The lowest BCUT2D eigenvalue weighted by Crippen LogP contribution is -2.30. The van der Waals surface area contributed by atoms with E-state index < -0.39 is 6.10 Å². The summed E-state index contributed by atoms with van der Waals surface area (Å²) in [5.74, 6) is -0.903. The van der Waals surface area contributed by atoms with Crippen molar-refractivity contribution in [3.05, 3.63) is 72.9 Å². The second-order valence-corrected chi connectivity index (χ2v) is 19.5. The number of ether oxygens (including phenoxy) is 3. The highest BCUT2D eigenvalue weighted by molar-refractivity contribution is 5.71. The van der Waals surface area contributed by atoms with Gasteiger partial charge >= 0.3 is 17.9 Å². The molecule has 398 valence electrons. The third kappa shape index (κ3) is 55.6. The number of carbonyl (C=O) groups is 3. The van der Waals surface area contributed by atoms with Crippen LogP contribution in [0.1, 0.15) is 290 Å². The zero-order chi connectivity index (χ0) is 50.0. The van der Waals surface area contributed by atoms with E-state index in [9.17, 15) is 14.4 Å². The molecule has 0 saturated heterocycles. The van der Waals surface area contributed by atoms with E-state index in [1.165, 1.54) is 141 Å². The van der Waals surface area contributed by atoms with Crippen LogP contribution in [-0.2, 0) is 28.6 Å². The molecule has 0 radical (unpaired) electrons. The second kappa shape index (κ2) is 57.4. The Bertz CT molecular complexity index is 1290. The summed E-state index contributed by atoms with van der Waals surface area (Å²) in [4.78, 5) is 38.2. The Morgan fingerprint density at radius 1 is 0.304 bits per heavy atom. The van der Waals surface area contributed by atoms with Gasteiger partial charge < -0.3 is 14.2 Å². The van der Waals surface area contributed by atoms with E-state index in [1.807, 2.05) is 0 Å². The predicted molar refractivity (Wildman–Crippen MR) is 298 cm³/mol. The molecule has 0 fully saturated rings. The maximum Gasteiger partial charge on any atom is 0.306 e. The molecule has 1 atom stereocenters. The third-order valence-corrected chi connectivity index (χ3v) is 12.7. The molecule has 0 aromatic heterocycles. The Morgan fingerprint density at radius 2 is 0.565 bits per heavy atom. The molecule has 0 saturated carbocycles. The van der Waals surface area contributed by atoms with Crippen LogP contribution in [0.2, 0.25) is 0 Å². The van der Waals surface area contributed by atoms with E-state index in [-0.39, 0.29) is 31.1 Å². The first-order valence-electron chi connectivity index (χ1n) is 29.4. The fourth-order valence-electron chi connectivity index (χ4n) is 8.25. The first-order chi connectivity index (χ1) is 34.0. The summed E-state index contributed by atoms with van der Waals surface area (Å²) >= 11 is 0. The lowest BCUT2D eigenvalue weighted by Gasteiger charge is -2.18. The molecule has 0 unspecified atom stereocenters. The van der Waals surface area contributed by atoms with Crippen molar-refractivity contribution in [1.82, 2.24) is 0 Å². The predicted octanol–water partition coefficient (Wildman–Crippen LogP) is 19.8. The van der Waals surface area contributed by atoms with Crippen molar-refractivity contribution in [2.24, 2.45) is 0 Å². The van der Waals surface area contributed by atoms with Crippen LogP contribution in [-0.4, -0.2) is 37.2 Å². The topological polar surface area (TPSA) is 78.9 Å². The average molecular weight is 964 g/mol. The van der Waals surface area contributed by atoms with E-state index >= 15 is 0 Å². The normalized spacial score (nSPS) is 12.6. The van der Waals surface area contributed by atoms with Crippen LogP contribution in [0.4, 0.5) is 0 Å². The van der Waals surface area contributed by atoms with E-state index in [0.717, 1.165) is 109 Å². The largest absolute Gasteiger partial charge is 0.462 e. The number of rotatable bonds is 53. The Hall–Kier alpha value is -3.15. The highest BCUT2D eigenvalue weighted by atomic mass is 16.6. The Labute approximate surface area is 427 Å². The summed E-state index contributed by atoms with van der Waals surface area (Å²) in [6.45, 7) is 6.50. The molecule has 0 amide bonds. The van der Waals surface area contributed by atoms with Gasteiger partial charge in [0.1, 0.15) is 13.2 Å². The van der Waals surface area contributed by atoms with Gasteiger partial charge in [0.15, 0.2) is 6.10 Å². The van der Waals surface area contributed by atoms with E-state index in [0.29, 0.717) is 19.3 Å². The standard InChI is InChI=1S/C63H110O6/c1-4-7-10-13-16-19-22-25-28-30-31-33-35-38-41-44-47-50-53-56-62(65)68-59-60(58-67-61(64)55-52-49-46-43-40-37-34-27-24-21-18-15-12-9-6-3)69-63(66)57-54-51-48-45-42-39-36-32-29-26-23-20-17-14-11-8-5-2/h9,12,17-18,20-21,25-29,34,60H,4-8,10-11,13-16,19,22-24,30-33,35-59H2,1-3H3/b12-9-,20-17-,21-18-,28-25-,29-26-,34-27-/t60-/m1/s1. The molecule has 0 bridgehead atoms. The average Bonchev–Trinajstić information content (AvgIpc) is 3.35. The van der Waals surface area contributed by atoms with Crippen molar-refractivity contribution in [3.8, 4) is 0 Å². The fourth-order valence-corrected chi connectivity index (χ4v) is 8.25. The van der Waals surface area contributed by atoms with Gasteiger partial charge in [0.05, 0.1) is 0 Å². The lowest BCUT2D eigenvalue weighted by molar-refractivity contribution is -0.167. The first kappa shape index (κ1) is 65.8. The van der Waals surface area contributed by atoms with E-state index in [4.69, 9.17) is 14.2 Å². The van der Waals surface area contributed by atoms with E-state index in [1.54, 1.807) is 0 Å². The van der Waals surface area contributed by atoms with Crippen LogP contribution >= 0.6 is 0 Å². The summed E-state index contributed by atoms with van der Waals surface area (Å²) in [6.07, 6.45) is 73.2. The second-order valence-electron chi connectivity index (χ2n) is 19.5. The number of esters is 3. The number of unbranched alkanes of at least 4 members (excludes halogenated alkanes) is 30. The first-order valence-corrected chi connectivity index (χ1v) is 29.4. The van der Waals surface area contributed by atoms with Crippen molar-refractivity contribution in [3.63, 3.8) is 0 Å². The maximum atomic E-state index is 12.9. The smallest absolute Gasteiger partial charge is 0.306 e. The van der Waals surface area contributed by atoms with Gasteiger partial charge in [0.25, 0.3) is 0 Å². The summed E-state index contributed by atoms with van der Waals surface area (Å²) in [7, 11) is 0. The van der Waals surface area contributed by atoms with Gasteiger partial charge in [-0.25, -0.2) is 0 Å². The number of carbonyl (C=O) groups excluding carboxylic acids is 3. The molecule has 0 aromatic rings. The molecular weight excluding hydrogens is 853 g/mol. The molecular formula is C63H110O6. The van der Waals surface area contributed by atoms with Crippen molar-refractivity contribution < 1.29 is 28.6 Å². The number of hydrogen-bond acceptors (Lipinski definition) is 6. The summed E-state index contributed by atoms with van der Waals surface area (Å²) in [6, 6.07) is 0. The summed E-state index contributed by atoms with van der Waals surface area (Å²) in [5.41, 5.74) is 0. The Morgan fingerprint density at radius 3 is 0.928 bits per heavy atom. The molecule has 0 aromatic carbocycles. The van der Waals surface area contributed by atoms with Crippen LogP contribution in [0.15, 0.2) is 72.9 Å². The Kier molecular flexibility index (Phi) is 54.8. The summed E-state index contributed by atoms with van der Waals surface area (Å²) < 4.78 is 16.9. The molecule has 0 aliphatic rings. The van der Waals surface area contributed by atoms with Gasteiger partial charge in [0, 0.05) is 19.3 Å². The van der Waals surface area contributed by atoms with Gasteiger partial charge in [-0.1, -0.05) is 235 Å². The molecule has 0 N–H and O–H groups in total. The third-order valence-electron chi connectivity index (χ3n) is 12.7. The number of allylic oxidation sites excluding steroid dienone is 12. The van der Waals surface area contributed by atoms with Crippen molar-refractivity contribution in [1.29, 1.82) is 0 Å². The van der Waals surface area contributed by atoms with Crippen LogP contribution in [0.25, 0.3) is 0 Å². The van der Waals surface area contributed by atoms with Crippen molar-refractivity contribution in [2.45, 2.75) is 297 Å². The number of hydrogen-bond donors (Lipinski definition) is 0. The zero-order valence-electron chi connectivity index (χ0n) is 45.6. The maximum absolute atomic E-state index is 12.9. The minimum absolute atomic E-state index is 0.0846. The van der Waals surface area contributed by atoms with Gasteiger partial charge in [-0.3, -0.25) is 14.4 Å². The zero-order valence-corrected chi connectivity index (χ0v) is 45.6. The fraction of sp³-hybridized carbons (Fsp3) is 0.762. The van der Waals surface area contributed by atoms with Gasteiger partial charge in [-0.2, -0.15) is 0 Å². The molecule has 6 heteroatoms. The molecule has 0 aliphatic heterocycles. The monoisotopic (exact) mass is 963 g/mol. The van der Waals surface area contributed by atoms with Gasteiger partial charge in [0.2, 0.25) is 0 Å². The minimum atomic E-state index is -0.788.